The van der Waals surface area contributed by atoms with Crippen LogP contribution in [0.5, 0.6) is 0 Å². The van der Waals surface area contributed by atoms with E-state index in [1.165, 1.54) is 0 Å². The maximum Gasteiger partial charge on any atom is 0.314 e. The van der Waals surface area contributed by atoms with Crippen LogP contribution in [0.15, 0.2) is 4.60 Å². The molecule has 1 N–H and O–H groups in total. The summed E-state index contributed by atoms with van der Waals surface area (Å²) in [5.74, 6) is -0.530. The van der Waals surface area contributed by atoms with E-state index in [1.54, 1.807) is 0 Å². The molecule has 1 aromatic rings. The summed E-state index contributed by atoms with van der Waals surface area (Å²) in [4.78, 5) is 15.0. The first-order valence-corrected chi connectivity index (χ1v) is 4.86. The van der Waals surface area contributed by atoms with Crippen LogP contribution < -0.4 is 0 Å². The molecule has 0 bridgehead atoms. The molecule has 0 amide bonds. The molecule has 1 aliphatic rings. The summed E-state index contributed by atoms with van der Waals surface area (Å²) in [6, 6.07) is 0. The molecule has 13 heavy (non-hydrogen) atoms. The van der Waals surface area contributed by atoms with E-state index >= 15 is 0 Å². The van der Waals surface area contributed by atoms with Crippen molar-refractivity contribution in [1.29, 1.82) is 0 Å². The monoisotopic (exact) mass is 244 g/mol. The number of carboxylic acid groups (broad SMARTS) is 1. The number of aliphatic carboxylic acids is 1. The van der Waals surface area contributed by atoms with Gasteiger partial charge in [-0.05, 0) is 29.3 Å². The van der Waals surface area contributed by atoms with E-state index in [2.05, 4.69) is 20.9 Å². The molecule has 1 unspecified atom stereocenters. The fraction of sp³-hybridized carbons (Fsp3) is 0.500. The Bertz CT molecular complexity index is 372. The number of hydrogen-bond acceptors (Lipinski definition) is 2. The van der Waals surface area contributed by atoms with E-state index in [-0.39, 0.29) is 0 Å². The lowest BCUT2D eigenvalue weighted by Gasteiger charge is -1.98. The van der Waals surface area contributed by atoms with Gasteiger partial charge in [0, 0.05) is 6.54 Å². The highest BCUT2D eigenvalue weighted by atomic mass is 79.9. The molecule has 1 aromatic heterocycles. The second-order valence-electron chi connectivity index (χ2n) is 3.18. The van der Waals surface area contributed by atoms with Crippen molar-refractivity contribution in [1.82, 2.24) is 9.55 Å². The highest BCUT2D eigenvalue weighted by Gasteiger charge is 2.32. The lowest BCUT2D eigenvalue weighted by Crippen LogP contribution is -2.09. The summed E-state index contributed by atoms with van der Waals surface area (Å²) in [7, 11) is 0. The van der Waals surface area contributed by atoms with Crippen molar-refractivity contribution in [3.8, 4) is 0 Å². The third kappa shape index (κ3) is 1.18. The standard InChI is InChI=1S/C8H9BrN2O2/c1-4-6(9)11-3-2-5(8(12)13)7(11)10-4/h5H,2-3H2,1H3,(H,12,13). The van der Waals surface area contributed by atoms with Crippen molar-refractivity contribution in [2.24, 2.45) is 0 Å². The summed E-state index contributed by atoms with van der Waals surface area (Å²) in [5.41, 5.74) is 0.862. The zero-order valence-corrected chi connectivity index (χ0v) is 8.71. The largest absolute Gasteiger partial charge is 0.481 e. The van der Waals surface area contributed by atoms with Crippen molar-refractivity contribution in [3.05, 3.63) is 16.1 Å². The molecule has 1 aliphatic heterocycles. The van der Waals surface area contributed by atoms with Gasteiger partial charge >= 0.3 is 5.97 Å². The zero-order chi connectivity index (χ0) is 9.59. The van der Waals surface area contributed by atoms with Crippen molar-refractivity contribution in [2.75, 3.05) is 0 Å². The van der Waals surface area contributed by atoms with Gasteiger partial charge in [0.15, 0.2) is 0 Å². The summed E-state index contributed by atoms with van der Waals surface area (Å²) >= 11 is 3.39. The number of aromatic nitrogens is 2. The van der Waals surface area contributed by atoms with Crippen LogP contribution in [-0.2, 0) is 11.3 Å². The highest BCUT2D eigenvalue weighted by Crippen LogP contribution is 2.32. The Morgan fingerprint density at radius 1 is 1.77 bits per heavy atom. The Morgan fingerprint density at radius 2 is 2.46 bits per heavy atom. The first-order valence-electron chi connectivity index (χ1n) is 4.06. The number of rotatable bonds is 1. The molecule has 1 atom stereocenters. The number of halogens is 1. The Labute approximate surface area is 83.7 Å². The van der Waals surface area contributed by atoms with Crippen LogP contribution in [0.1, 0.15) is 23.9 Å². The predicted octanol–water partition coefficient (Wildman–Crippen LogP) is 1.53. The van der Waals surface area contributed by atoms with Gasteiger partial charge in [-0.25, -0.2) is 4.98 Å². The van der Waals surface area contributed by atoms with Crippen LogP contribution in [0.3, 0.4) is 0 Å². The Morgan fingerprint density at radius 3 is 3.08 bits per heavy atom. The molecule has 0 fully saturated rings. The number of nitrogens with zero attached hydrogens (tertiary/aromatic N) is 2. The van der Waals surface area contributed by atoms with Crippen LogP contribution in [0.2, 0.25) is 0 Å². The van der Waals surface area contributed by atoms with Crippen LogP contribution in [0.4, 0.5) is 0 Å². The summed E-state index contributed by atoms with van der Waals surface area (Å²) < 4.78 is 2.83. The van der Waals surface area contributed by atoms with E-state index < -0.39 is 11.9 Å². The minimum absolute atomic E-state index is 0.426. The van der Waals surface area contributed by atoms with Gasteiger partial charge in [0.05, 0.1) is 5.69 Å². The fourth-order valence-corrected chi connectivity index (χ4v) is 2.12. The Hall–Kier alpha value is -0.840. The van der Waals surface area contributed by atoms with E-state index in [9.17, 15) is 4.79 Å². The third-order valence-corrected chi connectivity index (χ3v) is 3.35. The first kappa shape index (κ1) is 8.74. The first-order chi connectivity index (χ1) is 6.11. The number of fused-ring (bicyclic) bond motifs is 1. The van der Waals surface area contributed by atoms with Gasteiger partial charge in [-0.3, -0.25) is 4.79 Å². The molecule has 0 radical (unpaired) electrons. The van der Waals surface area contributed by atoms with E-state index in [4.69, 9.17) is 5.11 Å². The second-order valence-corrected chi connectivity index (χ2v) is 3.93. The van der Waals surface area contributed by atoms with Crippen molar-refractivity contribution >= 4 is 21.9 Å². The lowest BCUT2D eigenvalue weighted by atomic mass is 10.1. The third-order valence-electron chi connectivity index (χ3n) is 2.35. The molecule has 0 spiro atoms. The molecular weight excluding hydrogens is 236 g/mol. The maximum absolute atomic E-state index is 10.8. The Balaban J connectivity index is 2.48. The number of hydrogen-bond donors (Lipinski definition) is 1. The minimum Gasteiger partial charge on any atom is -0.481 e. The molecule has 5 heteroatoms. The van der Waals surface area contributed by atoms with Crippen molar-refractivity contribution in [3.63, 3.8) is 0 Å². The smallest absolute Gasteiger partial charge is 0.314 e. The summed E-state index contributed by atoms with van der Waals surface area (Å²) in [5, 5.41) is 8.89. The topological polar surface area (TPSA) is 55.1 Å². The zero-order valence-electron chi connectivity index (χ0n) is 7.12. The van der Waals surface area contributed by atoms with Gasteiger partial charge in [-0.15, -0.1) is 0 Å². The summed E-state index contributed by atoms with van der Waals surface area (Å²) in [6.45, 7) is 2.61. The van der Waals surface area contributed by atoms with Crippen LogP contribution >= 0.6 is 15.9 Å². The van der Waals surface area contributed by atoms with Crippen LogP contribution in [0.25, 0.3) is 0 Å². The number of carboxylic acids is 1. The quantitative estimate of drug-likeness (QED) is 0.816. The predicted molar refractivity (Wildman–Crippen MR) is 49.7 cm³/mol. The van der Waals surface area contributed by atoms with Gasteiger partial charge in [0.25, 0.3) is 0 Å². The van der Waals surface area contributed by atoms with Gasteiger partial charge in [0.2, 0.25) is 0 Å². The molecule has 2 heterocycles. The van der Waals surface area contributed by atoms with Crippen LogP contribution in [0, 0.1) is 6.92 Å². The van der Waals surface area contributed by atoms with E-state index in [1.807, 2.05) is 11.5 Å². The maximum atomic E-state index is 10.8. The average molecular weight is 245 g/mol. The fourth-order valence-electron chi connectivity index (χ4n) is 1.67. The highest BCUT2D eigenvalue weighted by molar-refractivity contribution is 9.10. The number of imidazole rings is 1. The molecule has 70 valence electrons. The molecule has 0 aromatic carbocycles. The summed E-state index contributed by atoms with van der Waals surface area (Å²) in [6.07, 6.45) is 0.649. The molecular formula is C8H9BrN2O2. The lowest BCUT2D eigenvalue weighted by molar-refractivity contribution is -0.138. The Kier molecular flexibility index (Phi) is 1.91. The minimum atomic E-state index is -0.781. The second kappa shape index (κ2) is 2.83. The van der Waals surface area contributed by atoms with Crippen molar-refractivity contribution in [2.45, 2.75) is 25.8 Å². The molecule has 0 saturated carbocycles. The number of aryl methyl sites for hydroxylation is 1. The number of carbonyl (C=O) groups is 1. The van der Waals surface area contributed by atoms with Gasteiger partial charge in [0.1, 0.15) is 16.3 Å². The average Bonchev–Trinajstić information content (AvgIpc) is 2.55. The van der Waals surface area contributed by atoms with Gasteiger partial charge in [-0.2, -0.15) is 0 Å². The van der Waals surface area contributed by atoms with E-state index in [0.29, 0.717) is 12.2 Å². The van der Waals surface area contributed by atoms with Crippen molar-refractivity contribution < 1.29 is 9.90 Å². The normalized spacial score (nSPS) is 20.3. The molecule has 0 saturated heterocycles. The van der Waals surface area contributed by atoms with Crippen LogP contribution in [-0.4, -0.2) is 20.6 Å². The van der Waals surface area contributed by atoms with Gasteiger partial charge in [-0.1, -0.05) is 0 Å². The molecule has 2 rings (SSSR count). The SMILES string of the molecule is Cc1nc2n(c1Br)CCC2C(=O)O. The molecule has 0 aliphatic carbocycles. The van der Waals surface area contributed by atoms with E-state index in [0.717, 1.165) is 16.8 Å². The van der Waals surface area contributed by atoms with Gasteiger partial charge < -0.3 is 9.67 Å². The molecule has 4 nitrogen and oxygen atoms in total.